The number of halogens is 2. The lowest BCUT2D eigenvalue weighted by Gasteiger charge is -2.25. The Morgan fingerprint density at radius 3 is 2.67 bits per heavy atom. The van der Waals surface area contributed by atoms with Crippen LogP contribution in [0.2, 0.25) is 5.15 Å². The molecule has 98 valence electrons. The summed E-state index contributed by atoms with van der Waals surface area (Å²) in [6, 6.07) is 0.586. The van der Waals surface area contributed by atoms with E-state index in [1.807, 2.05) is 0 Å². The molecule has 7 heteroatoms. The molecule has 0 spiro atoms. The summed E-state index contributed by atoms with van der Waals surface area (Å²) in [4.78, 5) is 27.3. The molecule has 0 aliphatic carbocycles. The van der Waals surface area contributed by atoms with Crippen molar-refractivity contribution in [2.24, 2.45) is 0 Å². The molecule has 0 unspecified atom stereocenters. The summed E-state index contributed by atoms with van der Waals surface area (Å²) in [6.45, 7) is 2.83. The van der Waals surface area contributed by atoms with Crippen LogP contribution in [0.15, 0.2) is 12.3 Å². The Morgan fingerprint density at radius 1 is 1.56 bits per heavy atom. The molecule has 1 heterocycles. The zero-order valence-corrected chi connectivity index (χ0v) is 10.6. The van der Waals surface area contributed by atoms with E-state index in [0.717, 1.165) is 17.2 Å². The van der Waals surface area contributed by atoms with Crippen molar-refractivity contribution in [3.8, 4) is 0 Å². The van der Waals surface area contributed by atoms with Crippen molar-refractivity contribution < 1.29 is 19.1 Å². The predicted octanol–water partition coefficient (Wildman–Crippen LogP) is 1.81. The van der Waals surface area contributed by atoms with Crippen LogP contribution in [0.4, 0.5) is 4.39 Å². The van der Waals surface area contributed by atoms with Crippen molar-refractivity contribution in [3.63, 3.8) is 0 Å². The van der Waals surface area contributed by atoms with Crippen molar-refractivity contribution in [3.05, 3.63) is 28.8 Å². The van der Waals surface area contributed by atoms with E-state index in [4.69, 9.17) is 16.7 Å². The molecule has 0 radical (unpaired) electrons. The van der Waals surface area contributed by atoms with Gasteiger partial charge in [-0.05, 0) is 19.9 Å². The summed E-state index contributed by atoms with van der Waals surface area (Å²) in [6.07, 6.45) is 0.885. The number of amides is 1. The normalized spacial score (nSPS) is 10.5. The van der Waals surface area contributed by atoms with Crippen molar-refractivity contribution in [1.82, 2.24) is 9.88 Å². The number of pyridine rings is 1. The quantitative estimate of drug-likeness (QED) is 0.850. The third-order valence-corrected chi connectivity index (χ3v) is 2.53. The fraction of sp³-hybridized carbons (Fsp3) is 0.364. The molecule has 1 N–H and O–H groups in total. The molecule has 1 rings (SSSR count). The van der Waals surface area contributed by atoms with Gasteiger partial charge in [0, 0.05) is 6.04 Å². The highest BCUT2D eigenvalue weighted by atomic mass is 35.5. The third-order valence-electron chi connectivity index (χ3n) is 2.23. The van der Waals surface area contributed by atoms with Gasteiger partial charge < -0.3 is 10.0 Å². The Hall–Kier alpha value is -1.69. The highest BCUT2D eigenvalue weighted by Gasteiger charge is 2.24. The van der Waals surface area contributed by atoms with E-state index in [-0.39, 0.29) is 16.8 Å². The maximum atomic E-state index is 13.0. The summed E-state index contributed by atoms with van der Waals surface area (Å²) < 4.78 is 13.0. The summed E-state index contributed by atoms with van der Waals surface area (Å²) in [5, 5.41) is 8.58. The number of carbonyl (C=O) groups excluding carboxylic acids is 1. The predicted molar refractivity (Wildman–Crippen MR) is 63.0 cm³/mol. The average Bonchev–Trinajstić information content (AvgIpc) is 2.27. The largest absolute Gasteiger partial charge is 0.480 e. The molecular formula is C11H12ClFN2O3. The maximum absolute atomic E-state index is 13.0. The first-order valence-corrected chi connectivity index (χ1v) is 5.54. The summed E-state index contributed by atoms with van der Waals surface area (Å²) >= 11 is 5.70. The second kappa shape index (κ2) is 5.77. The lowest BCUT2D eigenvalue weighted by atomic mass is 10.2. The topological polar surface area (TPSA) is 70.5 Å². The number of hydrogen-bond donors (Lipinski definition) is 1. The number of carboxylic acids is 1. The third kappa shape index (κ3) is 3.40. The number of aromatic nitrogens is 1. The second-order valence-corrected chi connectivity index (χ2v) is 4.27. The van der Waals surface area contributed by atoms with E-state index in [1.165, 1.54) is 0 Å². The number of carboxylic acid groups (broad SMARTS) is 1. The smallest absolute Gasteiger partial charge is 0.323 e. The van der Waals surface area contributed by atoms with Crippen LogP contribution >= 0.6 is 11.6 Å². The van der Waals surface area contributed by atoms with E-state index in [9.17, 15) is 14.0 Å². The van der Waals surface area contributed by atoms with Gasteiger partial charge in [-0.25, -0.2) is 9.37 Å². The van der Waals surface area contributed by atoms with Crippen LogP contribution in [0.5, 0.6) is 0 Å². The molecule has 0 aliphatic heterocycles. The van der Waals surface area contributed by atoms with Crippen LogP contribution in [0.1, 0.15) is 24.2 Å². The molecule has 0 aliphatic rings. The molecule has 0 aromatic carbocycles. The molecule has 5 nitrogen and oxygen atoms in total. The number of carbonyl (C=O) groups is 2. The van der Waals surface area contributed by atoms with E-state index in [0.29, 0.717) is 0 Å². The van der Waals surface area contributed by atoms with Gasteiger partial charge in [-0.3, -0.25) is 9.59 Å². The van der Waals surface area contributed by atoms with Gasteiger partial charge in [0.1, 0.15) is 17.5 Å². The van der Waals surface area contributed by atoms with E-state index < -0.39 is 24.2 Å². The van der Waals surface area contributed by atoms with Crippen LogP contribution in [0.25, 0.3) is 0 Å². The van der Waals surface area contributed by atoms with Gasteiger partial charge >= 0.3 is 5.97 Å². The lowest BCUT2D eigenvalue weighted by Crippen LogP contribution is -2.40. The van der Waals surface area contributed by atoms with Crippen LogP contribution < -0.4 is 0 Å². The van der Waals surface area contributed by atoms with Crippen LogP contribution in [0.3, 0.4) is 0 Å². The Bertz CT molecular complexity index is 479. The van der Waals surface area contributed by atoms with Crippen LogP contribution in [0, 0.1) is 5.82 Å². The Labute approximate surface area is 108 Å². The van der Waals surface area contributed by atoms with Gasteiger partial charge in [0.05, 0.1) is 11.8 Å². The molecule has 1 amide bonds. The standard InChI is InChI=1S/C11H12ClFN2O3/c1-6(2)15(5-9(16)17)11(18)8-3-7(13)4-14-10(8)12/h3-4,6H,5H2,1-2H3,(H,16,17). The number of aliphatic carboxylic acids is 1. The molecular weight excluding hydrogens is 263 g/mol. The average molecular weight is 275 g/mol. The number of hydrogen-bond acceptors (Lipinski definition) is 3. The van der Waals surface area contributed by atoms with E-state index in [2.05, 4.69) is 4.98 Å². The fourth-order valence-electron chi connectivity index (χ4n) is 1.36. The fourth-order valence-corrected chi connectivity index (χ4v) is 1.55. The minimum absolute atomic E-state index is 0.147. The molecule has 0 fully saturated rings. The zero-order valence-electron chi connectivity index (χ0n) is 9.85. The molecule has 1 aromatic rings. The molecule has 1 aromatic heterocycles. The Kier molecular flexibility index (Phi) is 4.61. The highest BCUT2D eigenvalue weighted by Crippen LogP contribution is 2.17. The summed E-state index contributed by atoms with van der Waals surface area (Å²) in [5.41, 5.74) is -0.147. The van der Waals surface area contributed by atoms with Gasteiger partial charge in [-0.1, -0.05) is 11.6 Å². The van der Waals surface area contributed by atoms with Crippen molar-refractivity contribution in [2.75, 3.05) is 6.54 Å². The molecule has 18 heavy (non-hydrogen) atoms. The summed E-state index contributed by atoms with van der Waals surface area (Å²) in [5.74, 6) is -2.52. The van der Waals surface area contributed by atoms with Gasteiger partial charge in [0.15, 0.2) is 0 Å². The zero-order chi connectivity index (χ0) is 13.9. The first kappa shape index (κ1) is 14.4. The minimum atomic E-state index is -1.16. The maximum Gasteiger partial charge on any atom is 0.323 e. The Balaban J connectivity index is 3.09. The van der Waals surface area contributed by atoms with Crippen LogP contribution in [-0.4, -0.2) is 39.5 Å². The highest BCUT2D eigenvalue weighted by molar-refractivity contribution is 6.32. The van der Waals surface area contributed by atoms with Crippen molar-refractivity contribution >= 4 is 23.5 Å². The van der Waals surface area contributed by atoms with Crippen molar-refractivity contribution in [1.29, 1.82) is 0 Å². The van der Waals surface area contributed by atoms with Gasteiger partial charge in [-0.15, -0.1) is 0 Å². The number of nitrogens with zero attached hydrogens (tertiary/aromatic N) is 2. The monoisotopic (exact) mass is 274 g/mol. The molecule has 0 saturated heterocycles. The Morgan fingerprint density at radius 2 is 2.17 bits per heavy atom. The first-order valence-electron chi connectivity index (χ1n) is 5.16. The van der Waals surface area contributed by atoms with Gasteiger partial charge in [0.2, 0.25) is 0 Å². The second-order valence-electron chi connectivity index (χ2n) is 3.91. The van der Waals surface area contributed by atoms with E-state index in [1.54, 1.807) is 13.8 Å². The number of rotatable bonds is 4. The SMILES string of the molecule is CC(C)N(CC(=O)O)C(=O)c1cc(F)cnc1Cl. The molecule has 0 saturated carbocycles. The van der Waals surface area contributed by atoms with E-state index >= 15 is 0 Å². The van der Waals surface area contributed by atoms with Gasteiger partial charge in [-0.2, -0.15) is 0 Å². The van der Waals surface area contributed by atoms with Crippen molar-refractivity contribution in [2.45, 2.75) is 19.9 Å². The first-order chi connectivity index (χ1) is 8.32. The van der Waals surface area contributed by atoms with Gasteiger partial charge in [0.25, 0.3) is 5.91 Å². The van der Waals surface area contributed by atoms with Crippen LogP contribution in [-0.2, 0) is 4.79 Å². The summed E-state index contributed by atoms with van der Waals surface area (Å²) in [7, 11) is 0. The molecule has 0 bridgehead atoms. The lowest BCUT2D eigenvalue weighted by molar-refractivity contribution is -0.138. The molecule has 0 atom stereocenters. The minimum Gasteiger partial charge on any atom is -0.480 e.